The molecule has 2 aromatic carbocycles. The highest BCUT2D eigenvalue weighted by atomic mass is 16.5. The van der Waals surface area contributed by atoms with Crippen molar-refractivity contribution < 1.29 is 9.84 Å². The molecule has 1 atom stereocenters. The highest BCUT2D eigenvalue weighted by Gasteiger charge is 2.26. The van der Waals surface area contributed by atoms with E-state index in [1.54, 1.807) is 0 Å². The Balaban J connectivity index is 2.26. The van der Waals surface area contributed by atoms with Crippen molar-refractivity contribution in [1.82, 2.24) is 5.32 Å². The molecule has 0 amide bonds. The van der Waals surface area contributed by atoms with Crippen molar-refractivity contribution in [2.75, 3.05) is 13.2 Å². The third-order valence-electron chi connectivity index (χ3n) is 4.44. The number of aliphatic hydroxyl groups is 1. The molecule has 0 aliphatic carbocycles. The summed E-state index contributed by atoms with van der Waals surface area (Å²) < 4.78 is 6.28. The zero-order valence-corrected chi connectivity index (χ0v) is 16.5. The summed E-state index contributed by atoms with van der Waals surface area (Å²) in [5, 5.41) is 15.6. The van der Waals surface area contributed by atoms with Gasteiger partial charge in [-0.15, -0.1) is 0 Å². The van der Waals surface area contributed by atoms with Gasteiger partial charge >= 0.3 is 0 Å². The molecule has 0 radical (unpaired) electrons. The number of ether oxygens (including phenoxy) is 1. The summed E-state index contributed by atoms with van der Waals surface area (Å²) in [6.07, 6.45) is 0.154. The third-order valence-corrected chi connectivity index (χ3v) is 4.44. The van der Waals surface area contributed by atoms with Crippen LogP contribution in [-0.2, 0) is 5.41 Å². The fourth-order valence-electron chi connectivity index (χ4n) is 3.31. The van der Waals surface area contributed by atoms with Crippen molar-refractivity contribution in [2.45, 2.75) is 59.6 Å². The van der Waals surface area contributed by atoms with Crippen molar-refractivity contribution in [3.63, 3.8) is 0 Å². The first kappa shape index (κ1) is 19.7. The van der Waals surface area contributed by atoms with Crippen LogP contribution in [0.25, 0.3) is 10.8 Å². The smallest absolute Gasteiger partial charge is 0.123 e. The molecule has 25 heavy (non-hydrogen) atoms. The number of hydrogen-bond donors (Lipinski definition) is 2. The Kier molecular flexibility index (Phi) is 6.12. The van der Waals surface area contributed by atoms with Crippen molar-refractivity contribution >= 4 is 10.8 Å². The van der Waals surface area contributed by atoms with E-state index >= 15 is 0 Å². The lowest BCUT2D eigenvalue weighted by atomic mass is 9.82. The summed E-state index contributed by atoms with van der Waals surface area (Å²) >= 11 is 0. The van der Waals surface area contributed by atoms with E-state index in [1.165, 1.54) is 16.3 Å². The average molecular weight is 344 g/mol. The molecule has 0 saturated heterocycles. The van der Waals surface area contributed by atoms with Gasteiger partial charge in [-0.2, -0.15) is 0 Å². The van der Waals surface area contributed by atoms with Crippen LogP contribution in [0, 0.1) is 5.41 Å². The summed E-state index contributed by atoms with van der Waals surface area (Å²) in [5.41, 5.74) is 1.11. The number of benzene rings is 2. The van der Waals surface area contributed by atoms with Gasteiger partial charge in [0.25, 0.3) is 0 Å². The number of nitrogens with one attached hydrogen (secondary N) is 1. The molecule has 2 rings (SSSR count). The van der Waals surface area contributed by atoms with Crippen molar-refractivity contribution in [3.05, 3.63) is 42.0 Å². The van der Waals surface area contributed by atoms with Crippen molar-refractivity contribution in [3.8, 4) is 5.75 Å². The van der Waals surface area contributed by atoms with Crippen molar-refractivity contribution in [2.24, 2.45) is 5.41 Å². The molecule has 0 saturated carbocycles. The van der Waals surface area contributed by atoms with Crippen molar-refractivity contribution in [1.29, 1.82) is 0 Å². The lowest BCUT2D eigenvalue weighted by molar-refractivity contribution is 0.0605. The van der Waals surface area contributed by atoms with Gasteiger partial charge in [0.1, 0.15) is 12.0 Å². The highest BCUT2D eigenvalue weighted by Crippen LogP contribution is 2.38. The maximum atomic E-state index is 10.0. The second-order valence-corrected chi connectivity index (χ2v) is 8.64. The van der Waals surface area contributed by atoms with Crippen LogP contribution < -0.4 is 10.1 Å². The molecule has 0 aliphatic rings. The molecular formula is C22H33NO2. The van der Waals surface area contributed by atoms with Gasteiger partial charge in [-0.1, -0.05) is 71.9 Å². The minimum absolute atomic E-state index is 0.0103. The third kappa shape index (κ3) is 5.20. The Hall–Kier alpha value is -1.58. The molecule has 1 unspecified atom stereocenters. The van der Waals surface area contributed by atoms with E-state index < -0.39 is 6.23 Å². The molecule has 0 aliphatic heterocycles. The maximum Gasteiger partial charge on any atom is 0.123 e. The summed E-state index contributed by atoms with van der Waals surface area (Å²) in [6, 6.07) is 12.7. The standard InChI is InChI=1S/C22H33NO2/c1-7-23-19(24)14-22(5,6)15-25-18-13-12-16-10-8-9-11-17(16)20(18)21(2,3)4/h8-13,19,23-24H,7,14-15H2,1-6H3. The maximum absolute atomic E-state index is 10.0. The normalized spacial score (nSPS) is 13.9. The molecule has 2 N–H and O–H groups in total. The largest absolute Gasteiger partial charge is 0.493 e. The highest BCUT2D eigenvalue weighted by molar-refractivity contribution is 5.88. The summed E-state index contributed by atoms with van der Waals surface area (Å²) in [6.45, 7) is 14.3. The fraction of sp³-hybridized carbons (Fsp3) is 0.545. The Labute approximate surface area is 152 Å². The topological polar surface area (TPSA) is 41.5 Å². The zero-order chi connectivity index (χ0) is 18.7. The minimum atomic E-state index is -0.498. The second kappa shape index (κ2) is 7.76. The van der Waals surface area contributed by atoms with Gasteiger partial charge in [0, 0.05) is 11.0 Å². The Bertz CT molecular complexity index is 701. The monoisotopic (exact) mass is 343 g/mol. The summed E-state index contributed by atoms with van der Waals surface area (Å²) in [4.78, 5) is 0. The number of hydrogen-bond acceptors (Lipinski definition) is 3. The molecule has 0 spiro atoms. The fourth-order valence-corrected chi connectivity index (χ4v) is 3.31. The van der Waals surface area contributed by atoms with Crippen LogP contribution in [0.4, 0.5) is 0 Å². The first-order chi connectivity index (χ1) is 11.6. The first-order valence-electron chi connectivity index (χ1n) is 9.20. The van der Waals surface area contributed by atoms with Crippen LogP contribution in [-0.4, -0.2) is 24.5 Å². The van der Waals surface area contributed by atoms with Gasteiger partial charge in [-0.25, -0.2) is 0 Å². The first-order valence-corrected chi connectivity index (χ1v) is 9.20. The van der Waals surface area contributed by atoms with E-state index in [0.29, 0.717) is 13.0 Å². The molecule has 0 bridgehead atoms. The number of fused-ring (bicyclic) bond motifs is 1. The molecule has 3 nitrogen and oxygen atoms in total. The van der Waals surface area contributed by atoms with Gasteiger partial charge < -0.3 is 9.84 Å². The van der Waals surface area contributed by atoms with E-state index in [9.17, 15) is 5.11 Å². The Morgan fingerprint density at radius 1 is 1.04 bits per heavy atom. The van der Waals surface area contributed by atoms with Gasteiger partial charge in [0.2, 0.25) is 0 Å². The zero-order valence-electron chi connectivity index (χ0n) is 16.5. The molecule has 0 heterocycles. The second-order valence-electron chi connectivity index (χ2n) is 8.64. The van der Waals surface area contributed by atoms with Crippen LogP contribution >= 0.6 is 0 Å². The van der Waals surface area contributed by atoms with Gasteiger partial charge in [-0.3, -0.25) is 5.32 Å². The van der Waals surface area contributed by atoms with Crippen LogP contribution in [0.2, 0.25) is 0 Å². The quantitative estimate of drug-likeness (QED) is 0.705. The molecule has 0 aromatic heterocycles. The predicted octanol–water partition coefficient (Wildman–Crippen LogP) is 4.86. The minimum Gasteiger partial charge on any atom is -0.493 e. The SMILES string of the molecule is CCNC(O)CC(C)(C)COc1ccc2ccccc2c1C(C)(C)C. The van der Waals surface area contributed by atoms with E-state index in [0.717, 1.165) is 12.3 Å². The predicted molar refractivity (Wildman–Crippen MR) is 106 cm³/mol. The van der Waals surface area contributed by atoms with Gasteiger partial charge in [0.15, 0.2) is 0 Å². The van der Waals surface area contributed by atoms with Crippen LogP contribution in [0.1, 0.15) is 53.5 Å². The van der Waals surface area contributed by atoms with E-state index in [2.05, 4.69) is 76.3 Å². The molecule has 0 fully saturated rings. The average Bonchev–Trinajstić information content (AvgIpc) is 2.51. The molecule has 138 valence electrons. The van der Waals surface area contributed by atoms with Crippen LogP contribution in [0.15, 0.2) is 36.4 Å². The van der Waals surface area contributed by atoms with E-state index in [1.807, 2.05) is 6.92 Å². The van der Waals surface area contributed by atoms with Crippen LogP contribution in [0.5, 0.6) is 5.75 Å². The lowest BCUT2D eigenvalue weighted by Crippen LogP contribution is -2.36. The van der Waals surface area contributed by atoms with E-state index in [-0.39, 0.29) is 10.8 Å². The van der Waals surface area contributed by atoms with Gasteiger partial charge in [0.05, 0.1) is 6.61 Å². The lowest BCUT2D eigenvalue weighted by Gasteiger charge is -2.30. The molecular weight excluding hydrogens is 310 g/mol. The molecule has 2 aromatic rings. The summed E-state index contributed by atoms with van der Waals surface area (Å²) in [7, 11) is 0. The van der Waals surface area contributed by atoms with E-state index in [4.69, 9.17) is 4.74 Å². The number of aliphatic hydroxyl groups excluding tert-OH is 1. The Morgan fingerprint density at radius 2 is 1.72 bits per heavy atom. The van der Waals surface area contributed by atoms with Crippen LogP contribution in [0.3, 0.4) is 0 Å². The number of rotatable bonds is 7. The van der Waals surface area contributed by atoms with Gasteiger partial charge in [-0.05, 0) is 35.2 Å². The Morgan fingerprint density at radius 3 is 2.36 bits per heavy atom. The summed E-state index contributed by atoms with van der Waals surface area (Å²) in [5.74, 6) is 0.942. The molecule has 3 heteroatoms.